The van der Waals surface area contributed by atoms with E-state index >= 15 is 0 Å². The van der Waals surface area contributed by atoms with Crippen LogP contribution in [0.15, 0.2) is 36.7 Å². The number of nitriles is 1. The lowest BCUT2D eigenvalue weighted by Crippen LogP contribution is -2.31. The zero-order chi connectivity index (χ0) is 16.5. The maximum absolute atomic E-state index is 8.97. The van der Waals surface area contributed by atoms with Crippen molar-refractivity contribution >= 4 is 5.69 Å². The van der Waals surface area contributed by atoms with Gasteiger partial charge < -0.3 is 10.2 Å². The van der Waals surface area contributed by atoms with Crippen molar-refractivity contribution in [1.29, 1.82) is 5.26 Å². The van der Waals surface area contributed by atoms with Gasteiger partial charge in [0.15, 0.2) is 0 Å². The first-order chi connectivity index (χ1) is 10.5. The topological polar surface area (TPSA) is 39.1 Å². The minimum atomic E-state index is 0.638. The summed E-state index contributed by atoms with van der Waals surface area (Å²) in [6, 6.07) is 9.66. The summed E-state index contributed by atoms with van der Waals surface area (Å²) < 4.78 is 0. The maximum atomic E-state index is 8.97. The van der Waals surface area contributed by atoms with Crippen LogP contribution in [0.25, 0.3) is 0 Å². The minimum Gasteiger partial charge on any atom is -0.359 e. The molecular weight excluding hydrogens is 270 g/mol. The molecule has 0 saturated carbocycles. The zero-order valence-corrected chi connectivity index (χ0v) is 14.4. The molecule has 1 aromatic rings. The number of nitrogens with one attached hydrogen (secondary N) is 1. The van der Waals surface area contributed by atoms with Crippen molar-refractivity contribution in [1.82, 2.24) is 4.90 Å². The molecule has 22 heavy (non-hydrogen) atoms. The molecule has 0 aliphatic heterocycles. The molecule has 0 radical (unpaired) electrons. The van der Waals surface area contributed by atoms with Crippen LogP contribution in [-0.4, -0.2) is 18.0 Å². The number of hydrogen-bond acceptors (Lipinski definition) is 3. The van der Waals surface area contributed by atoms with Crippen LogP contribution in [0.4, 0.5) is 5.69 Å². The largest absolute Gasteiger partial charge is 0.359 e. The number of hydrogen-bond donors (Lipinski definition) is 1. The molecule has 0 amide bonds. The smallest absolute Gasteiger partial charge is 0.0992 e. The third-order valence-corrected chi connectivity index (χ3v) is 4.08. The van der Waals surface area contributed by atoms with Crippen molar-refractivity contribution in [3.63, 3.8) is 0 Å². The Kier molecular flexibility index (Phi) is 7.52. The van der Waals surface area contributed by atoms with E-state index in [1.165, 1.54) is 12.8 Å². The second-order valence-corrected chi connectivity index (χ2v) is 6.16. The first-order valence-electron chi connectivity index (χ1n) is 8.21. The second-order valence-electron chi connectivity index (χ2n) is 6.16. The predicted octanol–water partition coefficient (Wildman–Crippen LogP) is 4.84. The molecule has 0 fully saturated rings. The third-order valence-electron chi connectivity index (χ3n) is 4.08. The molecule has 0 heterocycles. The molecule has 3 heteroatoms. The Morgan fingerprint density at radius 1 is 1.32 bits per heavy atom. The Labute approximate surface area is 135 Å². The SMILES string of the molecule is C=C(Nc1cccc(C#N)c1)N(CC)CC(C)CC(C)CC. The van der Waals surface area contributed by atoms with E-state index < -0.39 is 0 Å². The number of rotatable bonds is 9. The Bertz CT molecular complexity index is 516. The van der Waals surface area contributed by atoms with E-state index in [-0.39, 0.29) is 0 Å². The van der Waals surface area contributed by atoms with Crippen molar-refractivity contribution in [3.05, 3.63) is 42.2 Å². The Hall–Kier alpha value is -1.95. The van der Waals surface area contributed by atoms with Crippen LogP contribution in [-0.2, 0) is 0 Å². The summed E-state index contributed by atoms with van der Waals surface area (Å²) in [5.41, 5.74) is 1.57. The van der Waals surface area contributed by atoms with E-state index in [0.717, 1.165) is 30.5 Å². The van der Waals surface area contributed by atoms with Crippen molar-refractivity contribution < 1.29 is 0 Å². The molecule has 1 aromatic carbocycles. The number of benzene rings is 1. The lowest BCUT2D eigenvalue weighted by atomic mass is 9.95. The molecule has 0 aliphatic rings. The molecule has 0 spiro atoms. The fraction of sp³-hybridized carbons (Fsp3) is 0.526. The van der Waals surface area contributed by atoms with Gasteiger partial charge in [-0.1, -0.05) is 39.8 Å². The summed E-state index contributed by atoms with van der Waals surface area (Å²) in [6.07, 6.45) is 2.47. The van der Waals surface area contributed by atoms with Gasteiger partial charge in [0.1, 0.15) is 0 Å². The van der Waals surface area contributed by atoms with Crippen molar-refractivity contribution in [2.45, 2.75) is 40.5 Å². The predicted molar refractivity (Wildman–Crippen MR) is 94.4 cm³/mol. The summed E-state index contributed by atoms with van der Waals surface area (Å²) >= 11 is 0. The highest BCUT2D eigenvalue weighted by molar-refractivity contribution is 5.52. The van der Waals surface area contributed by atoms with Crippen LogP contribution in [0.1, 0.15) is 46.1 Å². The van der Waals surface area contributed by atoms with Gasteiger partial charge in [0.25, 0.3) is 0 Å². The van der Waals surface area contributed by atoms with Gasteiger partial charge in [-0.15, -0.1) is 0 Å². The number of anilines is 1. The van der Waals surface area contributed by atoms with Crippen molar-refractivity contribution in [2.24, 2.45) is 11.8 Å². The van der Waals surface area contributed by atoms with Gasteiger partial charge in [-0.25, -0.2) is 0 Å². The van der Waals surface area contributed by atoms with Gasteiger partial charge in [0.05, 0.1) is 17.5 Å². The average molecular weight is 299 g/mol. The molecule has 2 unspecified atom stereocenters. The summed E-state index contributed by atoms with van der Waals surface area (Å²) in [7, 11) is 0. The van der Waals surface area contributed by atoms with Gasteiger partial charge in [-0.2, -0.15) is 5.26 Å². The van der Waals surface area contributed by atoms with Crippen LogP contribution in [0.2, 0.25) is 0 Å². The summed E-state index contributed by atoms with van der Waals surface area (Å²) in [5.74, 6) is 2.30. The quantitative estimate of drug-likeness (QED) is 0.709. The third kappa shape index (κ3) is 5.81. The highest BCUT2D eigenvalue weighted by atomic mass is 15.2. The Balaban J connectivity index is 2.62. The lowest BCUT2D eigenvalue weighted by molar-refractivity contribution is 0.278. The van der Waals surface area contributed by atoms with E-state index in [1.807, 2.05) is 18.2 Å². The summed E-state index contributed by atoms with van der Waals surface area (Å²) in [4.78, 5) is 2.27. The lowest BCUT2D eigenvalue weighted by Gasteiger charge is -2.29. The van der Waals surface area contributed by atoms with Gasteiger partial charge in [-0.3, -0.25) is 0 Å². The summed E-state index contributed by atoms with van der Waals surface area (Å²) in [5, 5.41) is 12.3. The van der Waals surface area contributed by atoms with E-state index in [2.05, 4.69) is 50.6 Å². The molecule has 120 valence electrons. The normalized spacial score (nSPS) is 13.0. The number of nitrogens with zero attached hydrogens (tertiary/aromatic N) is 2. The van der Waals surface area contributed by atoms with Crippen molar-refractivity contribution in [2.75, 3.05) is 18.4 Å². The van der Waals surface area contributed by atoms with Gasteiger partial charge >= 0.3 is 0 Å². The molecule has 1 N–H and O–H groups in total. The van der Waals surface area contributed by atoms with Gasteiger partial charge in [-0.05, 0) is 43.4 Å². The highest BCUT2D eigenvalue weighted by Gasteiger charge is 2.13. The fourth-order valence-electron chi connectivity index (χ4n) is 2.65. The standard InChI is InChI=1S/C19H29N3/c1-6-15(3)11-16(4)14-22(7-2)17(5)21-19-10-8-9-18(12-19)13-20/h8-10,12,15-16,21H,5-7,11,14H2,1-4H3. The van der Waals surface area contributed by atoms with E-state index in [0.29, 0.717) is 11.5 Å². The first-order valence-corrected chi connectivity index (χ1v) is 8.21. The first kappa shape index (κ1) is 18.1. The molecule has 0 aliphatic carbocycles. The van der Waals surface area contributed by atoms with Crippen LogP contribution in [0, 0.1) is 23.2 Å². The Morgan fingerprint density at radius 3 is 2.64 bits per heavy atom. The van der Waals surface area contributed by atoms with Crippen LogP contribution < -0.4 is 5.32 Å². The van der Waals surface area contributed by atoms with Crippen LogP contribution in [0.5, 0.6) is 0 Å². The summed E-state index contributed by atoms with van der Waals surface area (Å²) in [6.45, 7) is 15.1. The minimum absolute atomic E-state index is 0.638. The van der Waals surface area contributed by atoms with Crippen LogP contribution >= 0.6 is 0 Å². The second kappa shape index (κ2) is 9.15. The van der Waals surface area contributed by atoms with Crippen molar-refractivity contribution in [3.8, 4) is 6.07 Å². The molecule has 3 nitrogen and oxygen atoms in total. The van der Waals surface area contributed by atoms with Gasteiger partial charge in [0.2, 0.25) is 0 Å². The van der Waals surface area contributed by atoms with Gasteiger partial charge in [0, 0.05) is 18.8 Å². The maximum Gasteiger partial charge on any atom is 0.0992 e. The molecule has 0 saturated heterocycles. The Morgan fingerprint density at radius 2 is 2.05 bits per heavy atom. The van der Waals surface area contributed by atoms with E-state index in [9.17, 15) is 0 Å². The molecule has 0 aromatic heterocycles. The zero-order valence-electron chi connectivity index (χ0n) is 14.4. The van der Waals surface area contributed by atoms with Crippen LogP contribution in [0.3, 0.4) is 0 Å². The molecule has 0 bridgehead atoms. The fourth-order valence-corrected chi connectivity index (χ4v) is 2.65. The average Bonchev–Trinajstić information content (AvgIpc) is 2.52. The highest BCUT2D eigenvalue weighted by Crippen LogP contribution is 2.19. The van der Waals surface area contributed by atoms with E-state index in [1.54, 1.807) is 6.07 Å². The molecular formula is C19H29N3. The van der Waals surface area contributed by atoms with E-state index in [4.69, 9.17) is 5.26 Å². The molecule has 1 rings (SSSR count). The molecule has 2 atom stereocenters. The monoisotopic (exact) mass is 299 g/mol.